The smallest absolute Gasteiger partial charge is 0.241 e. The van der Waals surface area contributed by atoms with Gasteiger partial charge in [-0.25, -0.2) is 4.98 Å². The fraction of sp³-hybridized carbons (Fsp3) is 0.400. The molecule has 0 saturated heterocycles. The van der Waals surface area contributed by atoms with Crippen molar-refractivity contribution in [2.45, 2.75) is 33.2 Å². The van der Waals surface area contributed by atoms with Crippen LogP contribution < -0.4 is 11.1 Å². The fourth-order valence-corrected chi connectivity index (χ4v) is 2.06. The second-order valence-corrected chi connectivity index (χ2v) is 5.55. The third-order valence-corrected chi connectivity index (χ3v) is 3.05. The van der Waals surface area contributed by atoms with Crippen LogP contribution in [0.5, 0.6) is 0 Å². The van der Waals surface area contributed by atoms with Crippen molar-refractivity contribution in [1.29, 1.82) is 0 Å². The molecule has 1 atom stereocenters. The van der Waals surface area contributed by atoms with Crippen molar-refractivity contribution in [3.63, 3.8) is 0 Å². The van der Waals surface area contributed by atoms with E-state index in [0.717, 1.165) is 11.4 Å². The molecule has 0 spiro atoms. The van der Waals surface area contributed by atoms with Crippen LogP contribution in [-0.2, 0) is 4.79 Å². The van der Waals surface area contributed by atoms with Crippen molar-refractivity contribution in [2.24, 2.45) is 11.7 Å². The summed E-state index contributed by atoms with van der Waals surface area (Å²) >= 11 is 0. The van der Waals surface area contributed by atoms with E-state index >= 15 is 0 Å². The van der Waals surface area contributed by atoms with Crippen molar-refractivity contribution < 1.29 is 4.79 Å². The van der Waals surface area contributed by atoms with E-state index in [4.69, 9.17) is 5.73 Å². The number of aryl methyl sites for hydroxylation is 1. The molecule has 1 heterocycles. The lowest BCUT2D eigenvalue weighted by molar-refractivity contribution is -0.117. The summed E-state index contributed by atoms with van der Waals surface area (Å²) in [7, 11) is 0. The molecule has 1 aromatic heterocycles. The molecule has 0 aliphatic rings. The van der Waals surface area contributed by atoms with Crippen molar-refractivity contribution in [1.82, 2.24) is 15.2 Å². The first-order chi connectivity index (χ1) is 9.95. The van der Waals surface area contributed by atoms with E-state index in [1.54, 1.807) is 0 Å². The van der Waals surface area contributed by atoms with E-state index < -0.39 is 6.04 Å². The maximum absolute atomic E-state index is 12.0. The second kappa shape index (κ2) is 7.91. The maximum atomic E-state index is 12.0. The molecule has 1 aromatic carbocycles. The average molecular weight is 324 g/mol. The van der Waals surface area contributed by atoms with Crippen LogP contribution in [0.1, 0.15) is 26.1 Å². The zero-order chi connectivity index (χ0) is 15.4. The van der Waals surface area contributed by atoms with Gasteiger partial charge in [0, 0.05) is 11.3 Å². The molecule has 0 aliphatic carbocycles. The summed E-state index contributed by atoms with van der Waals surface area (Å²) in [6.45, 7) is 5.92. The van der Waals surface area contributed by atoms with Gasteiger partial charge in [0.2, 0.25) is 5.91 Å². The third kappa shape index (κ3) is 4.82. The highest BCUT2D eigenvalue weighted by molar-refractivity contribution is 5.95. The number of rotatable bonds is 5. The Morgan fingerprint density at radius 2 is 2.14 bits per heavy atom. The Bertz CT molecular complexity index is 626. The Kier molecular flexibility index (Phi) is 6.52. The van der Waals surface area contributed by atoms with E-state index in [9.17, 15) is 4.79 Å². The van der Waals surface area contributed by atoms with Gasteiger partial charge in [0.25, 0.3) is 0 Å². The van der Waals surface area contributed by atoms with Crippen LogP contribution in [0.15, 0.2) is 24.3 Å². The lowest BCUT2D eigenvalue weighted by Gasteiger charge is -2.14. The van der Waals surface area contributed by atoms with E-state index in [-0.39, 0.29) is 18.3 Å². The average Bonchev–Trinajstić information content (AvgIpc) is 2.85. The second-order valence-electron chi connectivity index (χ2n) is 5.55. The molecule has 0 bridgehead atoms. The van der Waals surface area contributed by atoms with Gasteiger partial charge >= 0.3 is 0 Å². The number of aromatic amines is 1. The minimum absolute atomic E-state index is 0. The number of anilines is 1. The number of nitrogens with two attached hydrogens (primary N) is 1. The van der Waals surface area contributed by atoms with Crippen LogP contribution in [0, 0.1) is 12.8 Å². The van der Waals surface area contributed by atoms with Crippen molar-refractivity contribution in [3.8, 4) is 11.4 Å². The molecule has 0 fully saturated rings. The highest BCUT2D eigenvalue weighted by Crippen LogP contribution is 2.19. The summed E-state index contributed by atoms with van der Waals surface area (Å²) in [6.07, 6.45) is 0.658. The van der Waals surface area contributed by atoms with E-state index in [2.05, 4.69) is 20.5 Å². The molecule has 2 aromatic rings. The number of amides is 1. The summed E-state index contributed by atoms with van der Waals surface area (Å²) in [4.78, 5) is 16.3. The number of halogens is 1. The van der Waals surface area contributed by atoms with Gasteiger partial charge in [0.05, 0.1) is 6.04 Å². The zero-order valence-corrected chi connectivity index (χ0v) is 13.8. The molecule has 1 amide bonds. The van der Waals surface area contributed by atoms with Crippen molar-refractivity contribution in [2.75, 3.05) is 5.32 Å². The normalized spacial score (nSPS) is 11.9. The molecule has 0 unspecified atom stereocenters. The molecule has 0 radical (unpaired) electrons. The number of nitrogens with one attached hydrogen (secondary N) is 2. The number of carbonyl (C=O) groups excluding carboxylic acids is 1. The van der Waals surface area contributed by atoms with Gasteiger partial charge in [-0.3, -0.25) is 9.89 Å². The third-order valence-electron chi connectivity index (χ3n) is 3.05. The van der Waals surface area contributed by atoms with Gasteiger partial charge < -0.3 is 11.1 Å². The van der Waals surface area contributed by atoms with Gasteiger partial charge in [0.15, 0.2) is 5.82 Å². The molecule has 4 N–H and O–H groups in total. The number of H-pyrrole nitrogens is 1. The summed E-state index contributed by atoms with van der Waals surface area (Å²) in [5.41, 5.74) is 7.41. The summed E-state index contributed by atoms with van der Waals surface area (Å²) in [5.74, 6) is 1.56. The molecule has 0 aliphatic heterocycles. The Labute approximate surface area is 136 Å². The van der Waals surface area contributed by atoms with Crippen LogP contribution in [0.2, 0.25) is 0 Å². The lowest BCUT2D eigenvalue weighted by atomic mass is 10.0. The molecule has 6 nitrogen and oxygen atoms in total. The SMILES string of the molecule is Cc1nc(-c2cccc(NC(=O)[C@@H](N)CC(C)C)c2)n[nH]1.Cl. The minimum atomic E-state index is -0.501. The zero-order valence-electron chi connectivity index (χ0n) is 13.0. The first-order valence-corrected chi connectivity index (χ1v) is 7.01. The number of carbonyl (C=O) groups is 1. The molecular formula is C15H22ClN5O. The van der Waals surface area contributed by atoms with Crippen molar-refractivity contribution in [3.05, 3.63) is 30.1 Å². The Morgan fingerprint density at radius 1 is 1.41 bits per heavy atom. The van der Waals surface area contributed by atoms with Crippen LogP contribution in [0.4, 0.5) is 5.69 Å². The summed E-state index contributed by atoms with van der Waals surface area (Å²) in [6, 6.07) is 6.90. The molecular weight excluding hydrogens is 302 g/mol. The Morgan fingerprint density at radius 3 is 2.73 bits per heavy atom. The molecule has 7 heteroatoms. The molecule has 22 heavy (non-hydrogen) atoms. The van der Waals surface area contributed by atoms with Gasteiger partial charge in [0.1, 0.15) is 5.82 Å². The predicted octanol–water partition coefficient (Wildman–Crippen LogP) is 2.51. The Hall–Kier alpha value is -1.92. The number of nitrogens with zero attached hydrogens (tertiary/aromatic N) is 2. The van der Waals surface area contributed by atoms with E-state index in [1.165, 1.54) is 0 Å². The van der Waals surface area contributed by atoms with Crippen LogP contribution in [0.3, 0.4) is 0 Å². The number of hydrogen-bond acceptors (Lipinski definition) is 4. The summed E-state index contributed by atoms with van der Waals surface area (Å²) < 4.78 is 0. The highest BCUT2D eigenvalue weighted by Gasteiger charge is 2.15. The molecule has 2 rings (SSSR count). The van der Waals surface area contributed by atoms with Gasteiger partial charge in [-0.1, -0.05) is 26.0 Å². The van der Waals surface area contributed by atoms with E-state index in [1.807, 2.05) is 45.0 Å². The van der Waals surface area contributed by atoms with Gasteiger partial charge in [-0.05, 0) is 31.4 Å². The topological polar surface area (TPSA) is 96.7 Å². The standard InChI is InChI=1S/C15H21N5O.ClH/c1-9(2)7-13(16)15(21)18-12-6-4-5-11(8-12)14-17-10(3)19-20-14;/h4-6,8-9,13H,7,16H2,1-3H3,(H,18,21)(H,17,19,20);1H/t13-;/m0./s1. The van der Waals surface area contributed by atoms with Crippen molar-refractivity contribution >= 4 is 24.0 Å². The monoisotopic (exact) mass is 323 g/mol. The first kappa shape index (κ1) is 18.1. The quantitative estimate of drug-likeness (QED) is 0.787. The molecule has 120 valence electrons. The van der Waals surface area contributed by atoms with Crippen LogP contribution >= 0.6 is 12.4 Å². The lowest BCUT2D eigenvalue weighted by Crippen LogP contribution is -2.36. The summed E-state index contributed by atoms with van der Waals surface area (Å²) in [5, 5.41) is 9.74. The van der Waals surface area contributed by atoms with Crippen LogP contribution in [-0.4, -0.2) is 27.1 Å². The number of aromatic nitrogens is 3. The first-order valence-electron chi connectivity index (χ1n) is 7.01. The van der Waals surface area contributed by atoms with Crippen LogP contribution in [0.25, 0.3) is 11.4 Å². The van der Waals surface area contributed by atoms with E-state index in [0.29, 0.717) is 23.9 Å². The fourth-order valence-electron chi connectivity index (χ4n) is 2.06. The number of hydrogen-bond donors (Lipinski definition) is 3. The predicted molar refractivity (Wildman–Crippen MR) is 89.9 cm³/mol. The minimum Gasteiger partial charge on any atom is -0.325 e. The number of benzene rings is 1. The molecule has 0 saturated carbocycles. The van der Waals surface area contributed by atoms with Gasteiger partial charge in [-0.2, -0.15) is 5.10 Å². The Balaban J connectivity index is 0.00000242. The largest absolute Gasteiger partial charge is 0.325 e. The maximum Gasteiger partial charge on any atom is 0.241 e. The highest BCUT2D eigenvalue weighted by atomic mass is 35.5. The van der Waals surface area contributed by atoms with Gasteiger partial charge in [-0.15, -0.1) is 12.4 Å².